The molecule has 0 radical (unpaired) electrons. The standard InChI is InChI=1S/C11H9NO4S/c12-17(15,16)10-6-5-9(11(13)14)7-3-1-2-4-8(7)10/h1-6H,(H,13,14)(H2,12,15,16). The monoisotopic (exact) mass is 251 g/mol. The molecule has 0 fully saturated rings. The number of nitrogens with two attached hydrogens (primary N) is 1. The summed E-state index contributed by atoms with van der Waals surface area (Å²) in [6, 6.07) is 8.80. The summed E-state index contributed by atoms with van der Waals surface area (Å²) < 4.78 is 22.7. The number of hydrogen-bond acceptors (Lipinski definition) is 3. The van der Waals surface area contributed by atoms with Gasteiger partial charge in [-0.1, -0.05) is 24.3 Å². The molecule has 0 unspecified atom stereocenters. The van der Waals surface area contributed by atoms with Crippen molar-refractivity contribution >= 4 is 26.8 Å². The van der Waals surface area contributed by atoms with Gasteiger partial charge in [0, 0.05) is 5.39 Å². The molecule has 88 valence electrons. The third kappa shape index (κ3) is 2.00. The Kier molecular flexibility index (Phi) is 2.60. The highest BCUT2D eigenvalue weighted by Gasteiger charge is 2.16. The van der Waals surface area contributed by atoms with Gasteiger partial charge >= 0.3 is 5.97 Å². The molecular weight excluding hydrogens is 242 g/mol. The van der Waals surface area contributed by atoms with E-state index in [9.17, 15) is 13.2 Å². The van der Waals surface area contributed by atoms with Crippen LogP contribution in [0.25, 0.3) is 10.8 Å². The van der Waals surface area contributed by atoms with Gasteiger partial charge in [-0.2, -0.15) is 0 Å². The highest BCUT2D eigenvalue weighted by molar-refractivity contribution is 7.89. The number of primary sulfonamides is 1. The van der Waals surface area contributed by atoms with Crippen LogP contribution in [0, 0.1) is 0 Å². The molecule has 0 aromatic heterocycles. The second-order valence-electron chi connectivity index (χ2n) is 3.51. The van der Waals surface area contributed by atoms with Crippen molar-refractivity contribution in [3.63, 3.8) is 0 Å². The molecule has 0 saturated carbocycles. The lowest BCUT2D eigenvalue weighted by molar-refractivity contribution is 0.0699. The van der Waals surface area contributed by atoms with Crippen molar-refractivity contribution in [3.8, 4) is 0 Å². The van der Waals surface area contributed by atoms with Crippen molar-refractivity contribution in [1.29, 1.82) is 0 Å². The highest BCUT2D eigenvalue weighted by Crippen LogP contribution is 2.25. The molecule has 0 aliphatic rings. The first kappa shape index (κ1) is 11.6. The van der Waals surface area contributed by atoms with E-state index in [1.165, 1.54) is 18.2 Å². The third-order valence-electron chi connectivity index (χ3n) is 2.42. The van der Waals surface area contributed by atoms with E-state index in [4.69, 9.17) is 10.2 Å². The number of rotatable bonds is 2. The summed E-state index contributed by atoms with van der Waals surface area (Å²) in [4.78, 5) is 10.9. The molecule has 0 aliphatic heterocycles. The number of fused-ring (bicyclic) bond motifs is 1. The van der Waals surface area contributed by atoms with E-state index in [1.54, 1.807) is 18.2 Å². The third-order valence-corrected chi connectivity index (χ3v) is 3.39. The molecule has 0 amide bonds. The summed E-state index contributed by atoms with van der Waals surface area (Å²) in [6.45, 7) is 0. The summed E-state index contributed by atoms with van der Waals surface area (Å²) >= 11 is 0. The van der Waals surface area contributed by atoms with Crippen molar-refractivity contribution in [2.24, 2.45) is 5.14 Å². The molecule has 3 N–H and O–H groups in total. The first-order valence-electron chi connectivity index (χ1n) is 4.69. The van der Waals surface area contributed by atoms with E-state index in [1.807, 2.05) is 0 Å². The first-order valence-corrected chi connectivity index (χ1v) is 6.24. The van der Waals surface area contributed by atoms with E-state index >= 15 is 0 Å². The quantitative estimate of drug-likeness (QED) is 0.837. The van der Waals surface area contributed by atoms with Gasteiger partial charge in [0.05, 0.1) is 10.5 Å². The Labute approximate surface area is 97.5 Å². The second kappa shape index (κ2) is 3.83. The van der Waals surface area contributed by atoms with Crippen molar-refractivity contribution in [2.75, 3.05) is 0 Å². The average molecular weight is 251 g/mol. The van der Waals surface area contributed by atoms with E-state index in [2.05, 4.69) is 0 Å². The molecule has 0 atom stereocenters. The van der Waals surface area contributed by atoms with Crippen molar-refractivity contribution in [1.82, 2.24) is 0 Å². The van der Waals surface area contributed by atoms with E-state index in [-0.39, 0.29) is 10.5 Å². The Bertz CT molecular complexity index is 706. The maximum absolute atomic E-state index is 11.4. The molecule has 0 bridgehead atoms. The number of benzene rings is 2. The van der Waals surface area contributed by atoms with Gasteiger partial charge < -0.3 is 5.11 Å². The summed E-state index contributed by atoms with van der Waals surface area (Å²) in [6.07, 6.45) is 0. The smallest absolute Gasteiger partial charge is 0.336 e. The number of carbonyl (C=O) groups is 1. The fourth-order valence-corrected chi connectivity index (χ4v) is 2.45. The minimum absolute atomic E-state index is 0.0491. The number of sulfonamides is 1. The fourth-order valence-electron chi connectivity index (χ4n) is 1.71. The summed E-state index contributed by atoms with van der Waals surface area (Å²) in [5.41, 5.74) is 0.0491. The number of carboxylic acids is 1. The van der Waals surface area contributed by atoms with Gasteiger partial charge in [0.1, 0.15) is 0 Å². The fraction of sp³-hybridized carbons (Fsp3) is 0. The van der Waals surface area contributed by atoms with Crippen LogP contribution in [0.3, 0.4) is 0 Å². The predicted molar refractivity (Wildman–Crippen MR) is 62.3 cm³/mol. The largest absolute Gasteiger partial charge is 0.478 e. The van der Waals surface area contributed by atoms with Gasteiger partial charge in [0.15, 0.2) is 0 Å². The Balaban J connectivity index is 2.95. The van der Waals surface area contributed by atoms with Crippen LogP contribution in [0.4, 0.5) is 0 Å². The average Bonchev–Trinajstić information content (AvgIpc) is 2.26. The van der Waals surface area contributed by atoms with Gasteiger partial charge in [-0.15, -0.1) is 0 Å². The summed E-state index contributed by atoms with van der Waals surface area (Å²) in [5.74, 6) is -1.11. The lowest BCUT2D eigenvalue weighted by Crippen LogP contribution is -2.13. The number of hydrogen-bond donors (Lipinski definition) is 2. The summed E-state index contributed by atoms with van der Waals surface area (Å²) in [7, 11) is -3.86. The zero-order valence-electron chi connectivity index (χ0n) is 8.62. The van der Waals surface area contributed by atoms with Crippen LogP contribution < -0.4 is 5.14 Å². The van der Waals surface area contributed by atoms with E-state index in [0.717, 1.165) is 0 Å². The van der Waals surface area contributed by atoms with Crippen molar-refractivity contribution < 1.29 is 18.3 Å². The van der Waals surface area contributed by atoms with Crippen LogP contribution in [-0.2, 0) is 10.0 Å². The number of aromatic carboxylic acids is 1. The van der Waals surface area contributed by atoms with E-state index < -0.39 is 16.0 Å². The highest BCUT2D eigenvalue weighted by atomic mass is 32.2. The Morgan fingerprint density at radius 2 is 1.65 bits per heavy atom. The zero-order chi connectivity index (χ0) is 12.6. The van der Waals surface area contributed by atoms with Crippen LogP contribution in [0.5, 0.6) is 0 Å². The molecule has 0 aliphatic carbocycles. The molecule has 2 aromatic rings. The molecule has 17 heavy (non-hydrogen) atoms. The number of carboxylic acid groups (broad SMARTS) is 1. The molecule has 0 heterocycles. The van der Waals surface area contributed by atoms with Crippen LogP contribution in [0.1, 0.15) is 10.4 Å². The molecule has 6 heteroatoms. The molecular formula is C11H9NO4S. The van der Waals surface area contributed by atoms with E-state index in [0.29, 0.717) is 10.8 Å². The molecule has 0 saturated heterocycles. The Morgan fingerprint density at radius 1 is 1.06 bits per heavy atom. The zero-order valence-corrected chi connectivity index (χ0v) is 9.44. The predicted octanol–water partition coefficient (Wildman–Crippen LogP) is 1.19. The molecule has 2 aromatic carbocycles. The second-order valence-corrected chi connectivity index (χ2v) is 5.04. The van der Waals surface area contributed by atoms with Crippen molar-refractivity contribution in [3.05, 3.63) is 42.0 Å². The molecule has 5 nitrogen and oxygen atoms in total. The van der Waals surface area contributed by atoms with Crippen molar-refractivity contribution in [2.45, 2.75) is 4.90 Å². The minimum Gasteiger partial charge on any atom is -0.478 e. The van der Waals surface area contributed by atoms with Crippen LogP contribution >= 0.6 is 0 Å². The Hall–Kier alpha value is -1.92. The van der Waals surface area contributed by atoms with Crippen LogP contribution in [-0.4, -0.2) is 19.5 Å². The van der Waals surface area contributed by atoms with Crippen LogP contribution in [0.2, 0.25) is 0 Å². The maximum atomic E-state index is 11.4. The Morgan fingerprint density at radius 3 is 2.18 bits per heavy atom. The van der Waals surface area contributed by atoms with Gasteiger partial charge in [0.25, 0.3) is 0 Å². The van der Waals surface area contributed by atoms with Gasteiger partial charge in [0.2, 0.25) is 10.0 Å². The SMILES string of the molecule is NS(=O)(=O)c1ccc(C(=O)O)c2ccccc12. The minimum atomic E-state index is -3.86. The van der Waals surface area contributed by atoms with Gasteiger partial charge in [-0.3, -0.25) is 0 Å². The molecule has 0 spiro atoms. The lowest BCUT2D eigenvalue weighted by atomic mass is 10.0. The van der Waals surface area contributed by atoms with Crippen LogP contribution in [0.15, 0.2) is 41.3 Å². The summed E-state index contributed by atoms with van der Waals surface area (Å²) in [5, 5.41) is 14.7. The molecule has 2 rings (SSSR count). The van der Waals surface area contributed by atoms with Gasteiger partial charge in [-0.05, 0) is 17.5 Å². The first-order chi connectivity index (χ1) is 7.91. The normalized spacial score (nSPS) is 11.6. The lowest BCUT2D eigenvalue weighted by Gasteiger charge is -2.06. The maximum Gasteiger partial charge on any atom is 0.336 e. The van der Waals surface area contributed by atoms with Gasteiger partial charge in [-0.25, -0.2) is 18.4 Å². The topological polar surface area (TPSA) is 97.5 Å².